The summed E-state index contributed by atoms with van der Waals surface area (Å²) in [4.78, 5) is 0. The second-order valence-corrected chi connectivity index (χ2v) is 3.62. The first kappa shape index (κ1) is 10.8. The van der Waals surface area contributed by atoms with Crippen LogP contribution in [-0.2, 0) is 13.3 Å². The first-order chi connectivity index (χ1) is 7.85. The van der Waals surface area contributed by atoms with Gasteiger partial charge in [-0.2, -0.15) is 0 Å². The highest BCUT2D eigenvalue weighted by atomic mass is 19.1. The van der Waals surface area contributed by atoms with Crippen molar-refractivity contribution in [3.8, 4) is 11.1 Å². The lowest BCUT2D eigenvalue weighted by molar-refractivity contribution is 0.485. The van der Waals surface area contributed by atoms with Crippen LogP contribution in [-0.4, -0.2) is 0 Å². The standard InChI is InChI=1S/C14H12F2/c15-9-11-5-7-12(8-6-11)14-4-2-1-3-13(14)10-16/h1-8H,9-10H2. The molecular formula is C14H12F2. The Morgan fingerprint density at radius 2 is 1.44 bits per heavy atom. The molecule has 0 saturated carbocycles. The summed E-state index contributed by atoms with van der Waals surface area (Å²) in [5, 5.41) is 0. The highest BCUT2D eigenvalue weighted by Gasteiger charge is 2.03. The summed E-state index contributed by atoms with van der Waals surface area (Å²) in [6.45, 7) is -0.952. The predicted octanol–water partition coefficient (Wildman–Crippen LogP) is 4.29. The maximum atomic E-state index is 12.8. The van der Waals surface area contributed by atoms with E-state index in [0.717, 1.165) is 11.1 Å². The molecule has 2 rings (SSSR count). The van der Waals surface area contributed by atoms with Gasteiger partial charge in [0.05, 0.1) is 0 Å². The molecular weight excluding hydrogens is 206 g/mol. The van der Waals surface area contributed by atoms with Crippen LogP contribution in [0.15, 0.2) is 48.5 Å². The number of hydrogen-bond donors (Lipinski definition) is 0. The minimum Gasteiger partial charge on any atom is -0.246 e. The number of hydrogen-bond acceptors (Lipinski definition) is 0. The Morgan fingerprint density at radius 3 is 2.06 bits per heavy atom. The third-order valence-electron chi connectivity index (χ3n) is 2.58. The van der Waals surface area contributed by atoms with Crippen molar-refractivity contribution in [2.24, 2.45) is 0 Å². The van der Waals surface area contributed by atoms with E-state index in [2.05, 4.69) is 0 Å². The van der Waals surface area contributed by atoms with Crippen molar-refractivity contribution in [1.29, 1.82) is 0 Å². The van der Waals surface area contributed by atoms with Crippen LogP contribution in [0.3, 0.4) is 0 Å². The van der Waals surface area contributed by atoms with Crippen LogP contribution in [0, 0.1) is 0 Å². The Hall–Kier alpha value is -1.70. The quantitative estimate of drug-likeness (QED) is 0.720. The number of benzene rings is 2. The summed E-state index contributed by atoms with van der Waals surface area (Å²) >= 11 is 0. The van der Waals surface area contributed by atoms with Gasteiger partial charge >= 0.3 is 0 Å². The molecule has 0 atom stereocenters. The lowest BCUT2D eigenvalue weighted by Crippen LogP contribution is -1.86. The van der Waals surface area contributed by atoms with Gasteiger partial charge in [-0.25, -0.2) is 8.78 Å². The van der Waals surface area contributed by atoms with Crippen LogP contribution in [0.25, 0.3) is 11.1 Å². The molecule has 2 heteroatoms. The molecule has 0 fully saturated rings. The van der Waals surface area contributed by atoms with Gasteiger partial charge in [-0.1, -0.05) is 48.5 Å². The van der Waals surface area contributed by atoms with Crippen LogP contribution >= 0.6 is 0 Å². The van der Waals surface area contributed by atoms with E-state index in [9.17, 15) is 8.78 Å². The van der Waals surface area contributed by atoms with Gasteiger partial charge in [0.1, 0.15) is 13.3 Å². The van der Waals surface area contributed by atoms with Crippen molar-refractivity contribution in [2.75, 3.05) is 0 Å². The number of alkyl halides is 2. The van der Waals surface area contributed by atoms with Crippen molar-refractivity contribution in [2.45, 2.75) is 13.3 Å². The zero-order valence-electron chi connectivity index (χ0n) is 8.79. The third kappa shape index (κ3) is 2.11. The number of halogens is 2. The molecule has 0 spiro atoms. The Kier molecular flexibility index (Phi) is 3.30. The summed E-state index contributed by atoms with van der Waals surface area (Å²) in [5.41, 5.74) is 3.10. The first-order valence-electron chi connectivity index (χ1n) is 5.14. The zero-order chi connectivity index (χ0) is 11.4. The molecule has 0 aliphatic rings. The normalized spacial score (nSPS) is 10.4. The second-order valence-electron chi connectivity index (χ2n) is 3.62. The monoisotopic (exact) mass is 218 g/mol. The van der Waals surface area contributed by atoms with Gasteiger partial charge in [0.2, 0.25) is 0 Å². The molecule has 0 aliphatic heterocycles. The van der Waals surface area contributed by atoms with E-state index in [1.54, 1.807) is 18.2 Å². The molecule has 16 heavy (non-hydrogen) atoms. The molecule has 0 unspecified atom stereocenters. The molecule has 0 nitrogen and oxygen atoms in total. The summed E-state index contributed by atoms with van der Waals surface area (Å²) in [7, 11) is 0. The summed E-state index contributed by atoms with van der Waals surface area (Å²) < 4.78 is 25.1. The largest absolute Gasteiger partial charge is 0.246 e. The van der Waals surface area contributed by atoms with Crippen LogP contribution in [0.1, 0.15) is 11.1 Å². The van der Waals surface area contributed by atoms with E-state index in [1.807, 2.05) is 30.3 Å². The molecule has 0 aliphatic carbocycles. The van der Waals surface area contributed by atoms with E-state index in [1.165, 1.54) is 0 Å². The average molecular weight is 218 g/mol. The van der Waals surface area contributed by atoms with Gasteiger partial charge < -0.3 is 0 Å². The van der Waals surface area contributed by atoms with Crippen LogP contribution < -0.4 is 0 Å². The molecule has 0 N–H and O–H groups in total. The maximum absolute atomic E-state index is 12.8. The van der Waals surface area contributed by atoms with Crippen molar-refractivity contribution < 1.29 is 8.78 Å². The molecule has 0 aromatic heterocycles. The van der Waals surface area contributed by atoms with Crippen LogP contribution in [0.4, 0.5) is 8.78 Å². The van der Waals surface area contributed by atoms with Gasteiger partial charge in [-0.05, 0) is 22.3 Å². The van der Waals surface area contributed by atoms with E-state index >= 15 is 0 Å². The average Bonchev–Trinajstić information content (AvgIpc) is 2.39. The molecule has 0 saturated heterocycles. The summed E-state index contributed by atoms with van der Waals surface area (Å²) in [6, 6.07) is 14.4. The Morgan fingerprint density at radius 1 is 0.750 bits per heavy atom. The van der Waals surface area contributed by atoms with Gasteiger partial charge in [0, 0.05) is 0 Å². The molecule has 2 aromatic carbocycles. The number of rotatable bonds is 3. The highest BCUT2D eigenvalue weighted by Crippen LogP contribution is 2.24. The Bertz CT molecular complexity index is 460. The van der Waals surface area contributed by atoms with Crippen molar-refractivity contribution in [3.63, 3.8) is 0 Å². The summed E-state index contributed by atoms with van der Waals surface area (Å²) in [6.07, 6.45) is 0. The van der Waals surface area contributed by atoms with E-state index < -0.39 is 13.3 Å². The smallest absolute Gasteiger partial charge is 0.115 e. The van der Waals surface area contributed by atoms with Gasteiger partial charge in [-0.15, -0.1) is 0 Å². The van der Waals surface area contributed by atoms with E-state index in [-0.39, 0.29) is 0 Å². The van der Waals surface area contributed by atoms with Gasteiger partial charge in [-0.3, -0.25) is 0 Å². The van der Waals surface area contributed by atoms with E-state index in [0.29, 0.717) is 11.1 Å². The Labute approximate surface area is 93.5 Å². The minimum atomic E-state index is -0.485. The van der Waals surface area contributed by atoms with Crippen molar-refractivity contribution in [1.82, 2.24) is 0 Å². The second kappa shape index (κ2) is 4.88. The van der Waals surface area contributed by atoms with Crippen LogP contribution in [0.5, 0.6) is 0 Å². The highest BCUT2D eigenvalue weighted by molar-refractivity contribution is 5.67. The van der Waals surface area contributed by atoms with Gasteiger partial charge in [0.15, 0.2) is 0 Å². The fourth-order valence-electron chi connectivity index (χ4n) is 1.69. The fraction of sp³-hybridized carbons (Fsp3) is 0.143. The molecule has 0 bridgehead atoms. The Balaban J connectivity index is 2.42. The van der Waals surface area contributed by atoms with Crippen molar-refractivity contribution >= 4 is 0 Å². The van der Waals surface area contributed by atoms with Crippen molar-refractivity contribution in [3.05, 3.63) is 59.7 Å². The third-order valence-corrected chi connectivity index (χ3v) is 2.58. The fourth-order valence-corrected chi connectivity index (χ4v) is 1.69. The van der Waals surface area contributed by atoms with Crippen LogP contribution in [0.2, 0.25) is 0 Å². The maximum Gasteiger partial charge on any atom is 0.115 e. The molecule has 0 radical (unpaired) electrons. The molecule has 2 aromatic rings. The molecule has 82 valence electrons. The lowest BCUT2D eigenvalue weighted by atomic mass is 9.99. The molecule has 0 amide bonds. The molecule has 0 heterocycles. The zero-order valence-corrected chi connectivity index (χ0v) is 8.79. The topological polar surface area (TPSA) is 0 Å². The van der Waals surface area contributed by atoms with E-state index in [4.69, 9.17) is 0 Å². The lowest BCUT2D eigenvalue weighted by Gasteiger charge is -2.06. The minimum absolute atomic E-state index is 0.467. The summed E-state index contributed by atoms with van der Waals surface area (Å²) in [5.74, 6) is 0. The first-order valence-corrected chi connectivity index (χ1v) is 5.14. The SMILES string of the molecule is FCc1ccc(-c2ccccc2CF)cc1. The predicted molar refractivity (Wildman–Crippen MR) is 61.5 cm³/mol. The van der Waals surface area contributed by atoms with Gasteiger partial charge in [0.25, 0.3) is 0 Å².